The summed E-state index contributed by atoms with van der Waals surface area (Å²) in [5.41, 5.74) is 2.73. The molecule has 0 aliphatic rings. The molecule has 0 saturated carbocycles. The first-order valence-electron chi connectivity index (χ1n) is 9.34. The minimum Gasteiger partial charge on any atom is -0.388 e. The molecule has 0 spiro atoms. The molecule has 4 heteroatoms. The molecule has 0 unspecified atom stereocenters. The van der Waals surface area contributed by atoms with E-state index in [1.807, 2.05) is 55.3 Å². The number of carbonyl (C=O) groups is 1. The smallest absolute Gasteiger partial charge is 0.254 e. The Bertz CT molecular complexity index is 714. The Labute approximate surface area is 156 Å². The van der Waals surface area contributed by atoms with Crippen LogP contribution in [0.15, 0.2) is 48.5 Å². The van der Waals surface area contributed by atoms with Gasteiger partial charge in [0.05, 0.1) is 0 Å². The van der Waals surface area contributed by atoms with Crippen molar-refractivity contribution in [2.45, 2.75) is 45.6 Å². The van der Waals surface area contributed by atoms with Crippen molar-refractivity contribution in [1.29, 1.82) is 0 Å². The van der Waals surface area contributed by atoms with Crippen LogP contribution in [-0.4, -0.2) is 30.4 Å². The van der Waals surface area contributed by atoms with E-state index in [0.717, 1.165) is 24.1 Å². The maximum absolute atomic E-state index is 13.2. The summed E-state index contributed by atoms with van der Waals surface area (Å²) in [4.78, 5) is 15.0. The molecule has 1 N–H and O–H groups in total. The molecule has 0 radical (unpaired) electrons. The molecule has 1 amide bonds. The van der Waals surface area contributed by atoms with Gasteiger partial charge in [0.25, 0.3) is 5.91 Å². The Balaban J connectivity index is 2.16. The molecular weight excluding hydrogens is 327 g/mol. The summed E-state index contributed by atoms with van der Waals surface area (Å²) in [6.45, 7) is 6.93. The number of nitrogens with one attached hydrogen (secondary N) is 1. The fourth-order valence-electron chi connectivity index (χ4n) is 3.39. The molecule has 0 heterocycles. The average Bonchev–Trinajstić information content (AvgIpc) is 2.67. The van der Waals surface area contributed by atoms with Gasteiger partial charge in [-0.15, -0.1) is 0 Å². The highest BCUT2D eigenvalue weighted by atomic mass is 19.1. The molecular formula is C22H29FN2O. The first-order valence-corrected chi connectivity index (χ1v) is 9.34. The highest BCUT2D eigenvalue weighted by Gasteiger charge is 2.24. The summed E-state index contributed by atoms with van der Waals surface area (Å²) in [5, 5.41) is 3.08. The Hall–Kier alpha value is -2.36. The number of halogens is 1. The molecule has 0 aliphatic heterocycles. The molecule has 2 atom stereocenters. The molecule has 0 saturated heterocycles. The van der Waals surface area contributed by atoms with E-state index < -0.39 is 0 Å². The normalized spacial score (nSPS) is 13.1. The third-order valence-corrected chi connectivity index (χ3v) is 4.98. The van der Waals surface area contributed by atoms with Gasteiger partial charge in [-0.1, -0.05) is 32.0 Å². The van der Waals surface area contributed by atoms with E-state index in [0.29, 0.717) is 12.1 Å². The molecule has 2 rings (SSSR count). The van der Waals surface area contributed by atoms with Crippen LogP contribution in [0, 0.1) is 5.82 Å². The number of amides is 1. The minimum absolute atomic E-state index is 0.0581. The fraction of sp³-hybridized carbons (Fsp3) is 0.409. The maximum Gasteiger partial charge on any atom is 0.254 e. The summed E-state index contributed by atoms with van der Waals surface area (Å²) < 4.78 is 13.2. The van der Waals surface area contributed by atoms with Gasteiger partial charge in [0, 0.05) is 30.9 Å². The third-order valence-electron chi connectivity index (χ3n) is 4.98. The van der Waals surface area contributed by atoms with E-state index in [1.54, 1.807) is 0 Å². The largest absolute Gasteiger partial charge is 0.388 e. The van der Waals surface area contributed by atoms with Crippen molar-refractivity contribution >= 4 is 11.6 Å². The van der Waals surface area contributed by atoms with Gasteiger partial charge in [0.1, 0.15) is 5.82 Å². The lowest BCUT2D eigenvalue weighted by molar-refractivity contribution is 0.0669. The SMILES string of the molecule is CC[C@H](C[C@@H](C)c1ccc(F)cc1)N(CC)C(=O)c1cccc(NC)c1. The van der Waals surface area contributed by atoms with Gasteiger partial charge in [-0.25, -0.2) is 4.39 Å². The first kappa shape index (κ1) is 20.0. The van der Waals surface area contributed by atoms with Gasteiger partial charge in [-0.3, -0.25) is 4.79 Å². The lowest BCUT2D eigenvalue weighted by Crippen LogP contribution is -2.40. The van der Waals surface area contributed by atoms with Crippen molar-refractivity contribution in [2.75, 3.05) is 18.9 Å². The van der Waals surface area contributed by atoms with Crippen LogP contribution in [0.2, 0.25) is 0 Å². The van der Waals surface area contributed by atoms with Crippen LogP contribution >= 0.6 is 0 Å². The second kappa shape index (κ2) is 9.37. The van der Waals surface area contributed by atoms with Gasteiger partial charge < -0.3 is 10.2 Å². The molecule has 0 aromatic heterocycles. The Morgan fingerprint density at radius 2 is 1.85 bits per heavy atom. The molecule has 26 heavy (non-hydrogen) atoms. The Morgan fingerprint density at radius 3 is 2.42 bits per heavy atom. The van der Waals surface area contributed by atoms with E-state index in [9.17, 15) is 9.18 Å². The molecule has 140 valence electrons. The second-order valence-corrected chi connectivity index (χ2v) is 6.67. The zero-order valence-electron chi connectivity index (χ0n) is 16.1. The van der Waals surface area contributed by atoms with Crippen LogP contribution < -0.4 is 5.32 Å². The number of carbonyl (C=O) groups excluding carboxylic acids is 1. The molecule has 0 bridgehead atoms. The summed E-state index contributed by atoms with van der Waals surface area (Å²) >= 11 is 0. The van der Waals surface area contributed by atoms with E-state index in [4.69, 9.17) is 0 Å². The standard InChI is InChI=1S/C22H29FN2O/c1-5-21(14-16(3)17-10-12-19(23)13-11-17)25(6-2)22(26)18-8-7-9-20(15-18)24-4/h7-13,15-16,21,24H,5-6,14H2,1-4H3/t16-,21-/m1/s1. The van der Waals surface area contributed by atoms with Crippen molar-refractivity contribution in [3.63, 3.8) is 0 Å². The number of nitrogens with zero attached hydrogens (tertiary/aromatic N) is 1. The summed E-state index contributed by atoms with van der Waals surface area (Å²) in [7, 11) is 1.85. The van der Waals surface area contributed by atoms with Crippen molar-refractivity contribution in [2.24, 2.45) is 0 Å². The van der Waals surface area contributed by atoms with Gasteiger partial charge in [0.15, 0.2) is 0 Å². The zero-order valence-corrected chi connectivity index (χ0v) is 16.1. The first-order chi connectivity index (χ1) is 12.5. The maximum atomic E-state index is 13.2. The Kier molecular flexibility index (Phi) is 7.19. The lowest BCUT2D eigenvalue weighted by atomic mass is 9.91. The number of rotatable bonds is 8. The van der Waals surface area contributed by atoms with Gasteiger partial charge >= 0.3 is 0 Å². The van der Waals surface area contributed by atoms with E-state index in [1.165, 1.54) is 12.1 Å². The second-order valence-electron chi connectivity index (χ2n) is 6.67. The predicted octanol–water partition coefficient (Wildman–Crippen LogP) is 5.30. The van der Waals surface area contributed by atoms with Crippen LogP contribution in [0.25, 0.3) is 0 Å². The van der Waals surface area contributed by atoms with Crippen LogP contribution in [-0.2, 0) is 0 Å². The van der Waals surface area contributed by atoms with Gasteiger partial charge in [-0.2, -0.15) is 0 Å². The number of hydrogen-bond acceptors (Lipinski definition) is 2. The van der Waals surface area contributed by atoms with Crippen molar-refractivity contribution in [1.82, 2.24) is 4.90 Å². The fourth-order valence-corrected chi connectivity index (χ4v) is 3.39. The van der Waals surface area contributed by atoms with Crippen LogP contribution in [0.1, 0.15) is 55.5 Å². The molecule has 3 nitrogen and oxygen atoms in total. The van der Waals surface area contributed by atoms with Crippen molar-refractivity contribution < 1.29 is 9.18 Å². The number of anilines is 1. The lowest BCUT2D eigenvalue weighted by Gasteiger charge is -2.32. The van der Waals surface area contributed by atoms with Crippen LogP contribution in [0.3, 0.4) is 0 Å². The summed E-state index contributed by atoms with van der Waals surface area (Å²) in [6.07, 6.45) is 1.74. The van der Waals surface area contributed by atoms with Gasteiger partial charge in [-0.05, 0) is 61.6 Å². The minimum atomic E-state index is -0.220. The van der Waals surface area contributed by atoms with Gasteiger partial charge in [0.2, 0.25) is 0 Å². The van der Waals surface area contributed by atoms with Crippen LogP contribution in [0.5, 0.6) is 0 Å². The van der Waals surface area contributed by atoms with Crippen molar-refractivity contribution in [3.8, 4) is 0 Å². The van der Waals surface area contributed by atoms with Crippen molar-refractivity contribution in [3.05, 3.63) is 65.5 Å². The molecule has 0 aliphatic carbocycles. The highest BCUT2D eigenvalue weighted by molar-refractivity contribution is 5.95. The van der Waals surface area contributed by atoms with E-state index in [2.05, 4.69) is 19.2 Å². The molecule has 2 aromatic rings. The van der Waals surface area contributed by atoms with E-state index in [-0.39, 0.29) is 23.7 Å². The Morgan fingerprint density at radius 1 is 1.15 bits per heavy atom. The quantitative estimate of drug-likeness (QED) is 0.696. The third kappa shape index (κ3) is 4.84. The summed E-state index contributed by atoms with van der Waals surface area (Å²) in [5.74, 6) is 0.0940. The topological polar surface area (TPSA) is 32.3 Å². The monoisotopic (exact) mass is 356 g/mol. The van der Waals surface area contributed by atoms with Crippen LogP contribution in [0.4, 0.5) is 10.1 Å². The zero-order chi connectivity index (χ0) is 19.1. The highest BCUT2D eigenvalue weighted by Crippen LogP contribution is 2.26. The molecule has 2 aromatic carbocycles. The van der Waals surface area contributed by atoms with E-state index >= 15 is 0 Å². The predicted molar refractivity (Wildman–Crippen MR) is 106 cm³/mol. The average molecular weight is 356 g/mol. The number of benzene rings is 2. The summed E-state index contributed by atoms with van der Waals surface area (Å²) in [6, 6.07) is 14.4. The number of hydrogen-bond donors (Lipinski definition) is 1. The molecule has 0 fully saturated rings.